The molecular formula is C38H41N5O8. The summed E-state index contributed by atoms with van der Waals surface area (Å²) in [6.45, 7) is 9.69. The minimum absolute atomic E-state index is 0.0517. The third kappa shape index (κ3) is 6.20. The highest BCUT2D eigenvalue weighted by atomic mass is 16.6. The van der Waals surface area contributed by atoms with Crippen molar-refractivity contribution >= 4 is 34.7 Å². The van der Waals surface area contributed by atoms with Crippen LogP contribution in [0.2, 0.25) is 0 Å². The summed E-state index contributed by atoms with van der Waals surface area (Å²) in [5, 5.41) is 12.0. The smallest absolute Gasteiger partial charge is 0.419 e. The molecule has 51 heavy (non-hydrogen) atoms. The zero-order chi connectivity index (χ0) is 36.2. The first kappa shape index (κ1) is 34.2. The molecule has 13 nitrogen and oxygen atoms in total. The van der Waals surface area contributed by atoms with E-state index in [2.05, 4.69) is 4.90 Å². The molecule has 1 atom stereocenters. The van der Waals surface area contributed by atoms with E-state index in [0.29, 0.717) is 61.1 Å². The average Bonchev–Trinajstić information content (AvgIpc) is 3.47. The molecule has 13 heteroatoms. The Kier molecular flexibility index (Phi) is 8.58. The van der Waals surface area contributed by atoms with Crippen LogP contribution in [-0.4, -0.2) is 81.4 Å². The highest BCUT2D eigenvalue weighted by molar-refractivity contribution is 5.92. The van der Waals surface area contributed by atoms with E-state index in [0.717, 1.165) is 16.5 Å². The minimum Gasteiger partial charge on any atom is -0.458 e. The van der Waals surface area contributed by atoms with Crippen molar-refractivity contribution in [2.45, 2.75) is 65.0 Å². The van der Waals surface area contributed by atoms with Crippen LogP contribution in [0.4, 0.5) is 15.3 Å². The van der Waals surface area contributed by atoms with Crippen LogP contribution in [-0.2, 0) is 39.6 Å². The molecule has 266 valence electrons. The molecule has 0 aliphatic carbocycles. The van der Waals surface area contributed by atoms with Crippen molar-refractivity contribution in [2.24, 2.45) is 0 Å². The number of amides is 2. The number of anilines is 1. The van der Waals surface area contributed by atoms with Crippen molar-refractivity contribution < 1.29 is 33.7 Å². The van der Waals surface area contributed by atoms with Gasteiger partial charge in [-0.25, -0.2) is 19.4 Å². The number of aromatic nitrogens is 2. The van der Waals surface area contributed by atoms with Gasteiger partial charge in [-0.05, 0) is 63.6 Å². The Hall–Kier alpha value is -5.27. The van der Waals surface area contributed by atoms with E-state index in [4.69, 9.17) is 19.2 Å². The third-order valence-corrected chi connectivity index (χ3v) is 9.78. The van der Waals surface area contributed by atoms with Crippen molar-refractivity contribution in [1.82, 2.24) is 19.4 Å². The number of ether oxygens (including phenoxy) is 3. The molecule has 1 N–H and O–H groups in total. The van der Waals surface area contributed by atoms with Gasteiger partial charge in [0, 0.05) is 67.5 Å². The molecule has 1 saturated heterocycles. The number of aliphatic hydroxyl groups is 1. The monoisotopic (exact) mass is 695 g/mol. The van der Waals surface area contributed by atoms with Crippen LogP contribution < -0.4 is 15.2 Å². The largest absolute Gasteiger partial charge is 0.458 e. The molecule has 5 heterocycles. The second-order valence-corrected chi connectivity index (χ2v) is 14.2. The van der Waals surface area contributed by atoms with Crippen molar-refractivity contribution in [1.29, 1.82) is 0 Å². The number of pyridine rings is 2. The van der Waals surface area contributed by atoms with Gasteiger partial charge in [0.05, 0.1) is 29.0 Å². The fraction of sp³-hybridized carbons (Fsp3) is 0.395. The summed E-state index contributed by atoms with van der Waals surface area (Å²) in [4.78, 5) is 62.9. The normalized spacial score (nSPS) is 18.5. The maximum atomic E-state index is 13.7. The lowest BCUT2D eigenvalue weighted by Gasteiger charge is -2.36. The fourth-order valence-electron chi connectivity index (χ4n) is 6.91. The topological polar surface area (TPSA) is 144 Å². The van der Waals surface area contributed by atoms with Gasteiger partial charge >= 0.3 is 18.2 Å². The first-order chi connectivity index (χ1) is 24.3. The van der Waals surface area contributed by atoms with Crippen molar-refractivity contribution in [3.8, 4) is 17.1 Å². The highest BCUT2D eigenvalue weighted by Crippen LogP contribution is 2.40. The van der Waals surface area contributed by atoms with Crippen LogP contribution in [0.3, 0.4) is 0 Å². The fourth-order valence-corrected chi connectivity index (χ4v) is 6.91. The molecule has 1 fully saturated rings. The number of cyclic esters (lactones) is 1. The molecule has 3 aliphatic rings. The van der Waals surface area contributed by atoms with E-state index >= 15 is 0 Å². The number of carbonyl (C=O) groups is 3. The second kappa shape index (κ2) is 12.8. The molecule has 2 aromatic heterocycles. The molecule has 2 amide bonds. The molecule has 0 unspecified atom stereocenters. The maximum Gasteiger partial charge on any atom is 0.419 e. The molecule has 7 rings (SSSR count). The molecule has 0 saturated carbocycles. The number of nitrogens with zero attached hydrogens (tertiary/aromatic N) is 5. The lowest BCUT2D eigenvalue weighted by atomic mass is 9.86. The zero-order valence-corrected chi connectivity index (χ0v) is 29.4. The summed E-state index contributed by atoms with van der Waals surface area (Å²) in [6.07, 6.45) is -0.860. The van der Waals surface area contributed by atoms with E-state index in [-0.39, 0.29) is 42.4 Å². The number of para-hydroxylation sites is 1. The molecular weight excluding hydrogens is 654 g/mol. The van der Waals surface area contributed by atoms with E-state index in [9.17, 15) is 24.3 Å². The number of fused-ring (bicyclic) bond motifs is 5. The van der Waals surface area contributed by atoms with E-state index in [1.165, 1.54) is 4.90 Å². The molecule has 2 aromatic carbocycles. The van der Waals surface area contributed by atoms with E-state index in [1.807, 2.05) is 57.2 Å². The number of rotatable bonds is 5. The van der Waals surface area contributed by atoms with Crippen LogP contribution in [0.1, 0.15) is 56.4 Å². The quantitative estimate of drug-likeness (QED) is 0.256. The number of carbonyl (C=O) groups excluding carboxylic acids is 3. The van der Waals surface area contributed by atoms with E-state index in [1.54, 1.807) is 41.6 Å². The van der Waals surface area contributed by atoms with Crippen LogP contribution in [0.15, 0.2) is 59.4 Å². The maximum absolute atomic E-state index is 13.7. The molecule has 0 bridgehead atoms. The van der Waals surface area contributed by atoms with Gasteiger partial charge in [-0.1, -0.05) is 25.1 Å². The molecule has 3 aliphatic heterocycles. The standard InChI is InChI=1S/C38H41N5O8/c1-6-38(48)28-19-30-32-23(20-43(30)33(44)27(28)22-49-34(38)45)18-25-26(21-41-14-16-42(17-15-41)36(47)51-37(2,3)4)31(13-12-29(25)39-32)50-35(46)40(5)24-10-8-7-9-11-24/h7-13,18-19,48H,6,14-17,20-22H2,1-5H3/t38-/m0/s1. The van der Waals surface area contributed by atoms with Gasteiger partial charge in [0.1, 0.15) is 18.0 Å². The van der Waals surface area contributed by atoms with Crippen molar-refractivity contribution in [2.75, 3.05) is 38.1 Å². The Bertz CT molecular complexity index is 2120. The summed E-state index contributed by atoms with van der Waals surface area (Å²) < 4.78 is 18.4. The highest BCUT2D eigenvalue weighted by Gasteiger charge is 2.45. The predicted octanol–water partition coefficient (Wildman–Crippen LogP) is 4.77. The Morgan fingerprint density at radius 2 is 1.76 bits per heavy atom. The zero-order valence-electron chi connectivity index (χ0n) is 29.4. The number of hydrogen-bond donors (Lipinski definition) is 1. The average molecular weight is 696 g/mol. The molecule has 0 spiro atoms. The van der Waals surface area contributed by atoms with Gasteiger partial charge in [0.15, 0.2) is 5.60 Å². The minimum atomic E-state index is -1.92. The van der Waals surface area contributed by atoms with Gasteiger partial charge in [-0.2, -0.15) is 0 Å². The van der Waals surface area contributed by atoms with Crippen LogP contribution in [0, 0.1) is 0 Å². The lowest BCUT2D eigenvalue weighted by molar-refractivity contribution is -0.172. The van der Waals surface area contributed by atoms with Crippen LogP contribution >= 0.6 is 0 Å². The second-order valence-electron chi connectivity index (χ2n) is 14.2. The summed E-state index contributed by atoms with van der Waals surface area (Å²) in [6, 6.07) is 16.4. The summed E-state index contributed by atoms with van der Waals surface area (Å²) in [7, 11) is 1.65. The third-order valence-electron chi connectivity index (χ3n) is 9.78. The Morgan fingerprint density at radius 1 is 1.04 bits per heavy atom. The van der Waals surface area contributed by atoms with Gasteiger partial charge in [0.2, 0.25) is 0 Å². The molecule has 0 radical (unpaired) electrons. The van der Waals surface area contributed by atoms with E-state index < -0.39 is 23.3 Å². The number of esters is 1. The predicted molar refractivity (Wildman–Crippen MR) is 188 cm³/mol. The summed E-state index contributed by atoms with van der Waals surface area (Å²) in [5.41, 5.74) is 1.54. The molecule has 4 aromatic rings. The van der Waals surface area contributed by atoms with Crippen LogP contribution in [0.25, 0.3) is 22.3 Å². The lowest BCUT2D eigenvalue weighted by Crippen LogP contribution is -2.49. The summed E-state index contributed by atoms with van der Waals surface area (Å²) >= 11 is 0. The Balaban J connectivity index is 1.26. The first-order valence-corrected chi connectivity index (χ1v) is 17.1. The number of piperazine rings is 1. The first-order valence-electron chi connectivity index (χ1n) is 17.1. The Labute approximate surface area is 294 Å². The van der Waals surface area contributed by atoms with Crippen molar-refractivity contribution in [3.63, 3.8) is 0 Å². The number of hydrogen-bond acceptors (Lipinski definition) is 10. The van der Waals surface area contributed by atoms with Gasteiger partial charge in [-0.3, -0.25) is 14.6 Å². The SMILES string of the molecule is CC[C@@]1(O)C(=O)OCc2c1cc1n(c2=O)Cc2cc3c(CN4CCN(C(=O)OC(C)(C)C)CC4)c(OC(=O)N(C)c4ccccc4)ccc3nc2-1. The van der Waals surface area contributed by atoms with Gasteiger partial charge in [-0.15, -0.1) is 0 Å². The van der Waals surface area contributed by atoms with Gasteiger partial charge in [0.25, 0.3) is 5.56 Å². The summed E-state index contributed by atoms with van der Waals surface area (Å²) in [5.74, 6) is -0.401. The van der Waals surface area contributed by atoms with Crippen LogP contribution in [0.5, 0.6) is 5.75 Å². The Morgan fingerprint density at radius 3 is 2.45 bits per heavy atom. The van der Waals surface area contributed by atoms with Crippen molar-refractivity contribution in [3.05, 3.63) is 87.2 Å². The van der Waals surface area contributed by atoms with Gasteiger partial charge < -0.3 is 28.8 Å². The number of benzene rings is 2.